The third-order valence-corrected chi connectivity index (χ3v) is 4.34. The average molecular weight is 354 g/mol. The number of hydrogen-bond acceptors (Lipinski definition) is 2. The zero-order chi connectivity index (χ0) is 14.5. The molecule has 20 heavy (non-hydrogen) atoms. The third-order valence-electron chi connectivity index (χ3n) is 2.95. The molecule has 1 unspecified atom stereocenters. The fraction of sp³-hybridized carbons (Fsp3) is 0.267. The van der Waals surface area contributed by atoms with Gasteiger partial charge in [0.05, 0.1) is 12.7 Å². The SMILES string of the molecule is Cc1ccc(NC(=O)C[NH+](C)Cc2ccsc2)c(Br)c1. The Kier molecular flexibility index (Phi) is 5.34. The highest BCUT2D eigenvalue weighted by atomic mass is 79.9. The molecule has 1 aromatic carbocycles. The highest BCUT2D eigenvalue weighted by Crippen LogP contribution is 2.22. The lowest BCUT2D eigenvalue weighted by Gasteiger charge is -2.13. The van der Waals surface area contributed by atoms with E-state index < -0.39 is 0 Å². The van der Waals surface area contributed by atoms with E-state index in [-0.39, 0.29) is 5.91 Å². The van der Waals surface area contributed by atoms with Crippen molar-refractivity contribution in [2.75, 3.05) is 18.9 Å². The quantitative estimate of drug-likeness (QED) is 0.850. The number of carbonyl (C=O) groups is 1. The van der Waals surface area contributed by atoms with Crippen LogP contribution in [0.1, 0.15) is 11.1 Å². The monoisotopic (exact) mass is 353 g/mol. The maximum atomic E-state index is 12.0. The van der Waals surface area contributed by atoms with E-state index in [0.717, 1.165) is 22.3 Å². The van der Waals surface area contributed by atoms with Gasteiger partial charge in [-0.25, -0.2) is 0 Å². The van der Waals surface area contributed by atoms with Crippen LogP contribution in [0.25, 0.3) is 0 Å². The van der Waals surface area contributed by atoms with Crippen LogP contribution in [-0.4, -0.2) is 19.5 Å². The number of amides is 1. The number of rotatable bonds is 5. The first-order valence-electron chi connectivity index (χ1n) is 6.43. The van der Waals surface area contributed by atoms with E-state index in [0.29, 0.717) is 6.54 Å². The minimum atomic E-state index is 0.0299. The summed E-state index contributed by atoms with van der Waals surface area (Å²) in [5.41, 5.74) is 3.26. The van der Waals surface area contributed by atoms with Gasteiger partial charge < -0.3 is 10.2 Å². The fourth-order valence-corrected chi connectivity index (χ4v) is 3.26. The van der Waals surface area contributed by atoms with E-state index >= 15 is 0 Å². The van der Waals surface area contributed by atoms with Crippen molar-refractivity contribution in [3.05, 3.63) is 50.6 Å². The Balaban J connectivity index is 1.88. The first kappa shape index (κ1) is 15.2. The van der Waals surface area contributed by atoms with Gasteiger partial charge in [-0.3, -0.25) is 4.79 Å². The second-order valence-electron chi connectivity index (χ2n) is 4.97. The highest BCUT2D eigenvalue weighted by Gasteiger charge is 2.12. The molecule has 0 aliphatic rings. The Hall–Kier alpha value is -1.17. The van der Waals surface area contributed by atoms with E-state index in [1.165, 1.54) is 10.5 Å². The zero-order valence-corrected chi connectivity index (χ0v) is 14.0. The molecule has 106 valence electrons. The second kappa shape index (κ2) is 7.02. The molecule has 0 bridgehead atoms. The minimum Gasteiger partial charge on any atom is -0.326 e. The summed E-state index contributed by atoms with van der Waals surface area (Å²) >= 11 is 5.16. The molecule has 0 fully saturated rings. The van der Waals surface area contributed by atoms with E-state index in [2.05, 4.69) is 38.1 Å². The number of quaternary nitrogens is 1. The van der Waals surface area contributed by atoms with Crippen LogP contribution < -0.4 is 10.2 Å². The predicted molar refractivity (Wildman–Crippen MR) is 87.3 cm³/mol. The number of carbonyl (C=O) groups excluding carboxylic acids is 1. The van der Waals surface area contributed by atoms with E-state index in [4.69, 9.17) is 0 Å². The maximum absolute atomic E-state index is 12.0. The van der Waals surface area contributed by atoms with Crippen LogP contribution in [0, 0.1) is 6.92 Å². The summed E-state index contributed by atoms with van der Waals surface area (Å²) < 4.78 is 0.918. The minimum absolute atomic E-state index is 0.0299. The maximum Gasteiger partial charge on any atom is 0.279 e. The first-order chi connectivity index (χ1) is 9.54. The summed E-state index contributed by atoms with van der Waals surface area (Å²) in [5.74, 6) is 0.0299. The van der Waals surface area contributed by atoms with Gasteiger partial charge in [0.25, 0.3) is 5.91 Å². The summed E-state index contributed by atoms with van der Waals surface area (Å²) in [6.45, 7) is 3.34. The molecule has 2 aromatic rings. The summed E-state index contributed by atoms with van der Waals surface area (Å²) in [6, 6.07) is 8.01. The topological polar surface area (TPSA) is 33.5 Å². The first-order valence-corrected chi connectivity index (χ1v) is 8.16. The van der Waals surface area contributed by atoms with Crippen molar-refractivity contribution < 1.29 is 9.69 Å². The standard InChI is InChI=1S/C15H17BrN2OS/c1-11-3-4-14(13(16)7-11)17-15(19)9-18(2)8-12-5-6-20-10-12/h3-7,10H,8-9H2,1-2H3,(H,17,19)/p+1. The number of thiophene rings is 1. The van der Waals surface area contributed by atoms with Gasteiger partial charge in [-0.15, -0.1) is 0 Å². The number of likely N-dealkylation sites (N-methyl/N-ethyl adjacent to an activating group) is 1. The van der Waals surface area contributed by atoms with E-state index in [9.17, 15) is 4.79 Å². The van der Waals surface area contributed by atoms with Crippen LogP contribution in [0.3, 0.4) is 0 Å². The predicted octanol–water partition coefficient (Wildman–Crippen LogP) is 2.47. The van der Waals surface area contributed by atoms with Crippen molar-refractivity contribution in [3.8, 4) is 0 Å². The molecule has 0 saturated carbocycles. The molecule has 1 amide bonds. The summed E-state index contributed by atoms with van der Waals surface area (Å²) in [6.07, 6.45) is 0. The highest BCUT2D eigenvalue weighted by molar-refractivity contribution is 9.10. The Labute approximate surface area is 131 Å². The van der Waals surface area contributed by atoms with Gasteiger partial charge in [0.15, 0.2) is 6.54 Å². The smallest absolute Gasteiger partial charge is 0.279 e. The van der Waals surface area contributed by atoms with Gasteiger partial charge in [-0.05, 0) is 57.4 Å². The van der Waals surface area contributed by atoms with E-state index in [1.54, 1.807) is 11.3 Å². The molecule has 2 N–H and O–H groups in total. The van der Waals surface area contributed by atoms with Crippen LogP contribution in [0.15, 0.2) is 39.5 Å². The number of aryl methyl sites for hydroxylation is 1. The largest absolute Gasteiger partial charge is 0.326 e. The van der Waals surface area contributed by atoms with Crippen LogP contribution in [0.5, 0.6) is 0 Å². The number of benzene rings is 1. The fourth-order valence-electron chi connectivity index (χ4n) is 1.99. The molecule has 1 aromatic heterocycles. The Bertz CT molecular complexity index is 584. The summed E-state index contributed by atoms with van der Waals surface area (Å²) in [4.78, 5) is 13.2. The molecular formula is C15H18BrN2OS+. The van der Waals surface area contributed by atoms with Gasteiger partial charge in [-0.1, -0.05) is 6.07 Å². The zero-order valence-electron chi connectivity index (χ0n) is 11.6. The van der Waals surface area contributed by atoms with Crippen LogP contribution >= 0.6 is 27.3 Å². The van der Waals surface area contributed by atoms with Crippen molar-refractivity contribution in [1.82, 2.24) is 0 Å². The average Bonchev–Trinajstić information content (AvgIpc) is 2.85. The van der Waals surface area contributed by atoms with Crippen molar-refractivity contribution in [2.45, 2.75) is 13.5 Å². The molecule has 1 atom stereocenters. The molecular weight excluding hydrogens is 336 g/mol. The van der Waals surface area contributed by atoms with Gasteiger partial charge in [0.2, 0.25) is 0 Å². The Morgan fingerprint density at radius 1 is 1.40 bits per heavy atom. The van der Waals surface area contributed by atoms with Crippen molar-refractivity contribution in [1.29, 1.82) is 0 Å². The number of nitrogens with one attached hydrogen (secondary N) is 2. The number of anilines is 1. The Morgan fingerprint density at radius 3 is 2.85 bits per heavy atom. The molecule has 0 radical (unpaired) electrons. The molecule has 1 heterocycles. The number of halogens is 1. The molecule has 5 heteroatoms. The van der Waals surface area contributed by atoms with Crippen LogP contribution in [-0.2, 0) is 11.3 Å². The van der Waals surface area contributed by atoms with Gasteiger partial charge in [0.1, 0.15) is 6.54 Å². The third kappa shape index (κ3) is 4.44. The summed E-state index contributed by atoms with van der Waals surface area (Å²) in [7, 11) is 2.03. The van der Waals surface area contributed by atoms with E-state index in [1.807, 2.05) is 32.2 Å². The molecule has 0 spiro atoms. The lowest BCUT2D eigenvalue weighted by molar-refractivity contribution is -0.885. The normalized spacial score (nSPS) is 12.2. The molecule has 0 aliphatic carbocycles. The summed E-state index contributed by atoms with van der Waals surface area (Å²) in [5, 5.41) is 7.13. The van der Waals surface area contributed by atoms with Gasteiger partial charge in [0, 0.05) is 10.0 Å². The van der Waals surface area contributed by atoms with Crippen LogP contribution in [0.4, 0.5) is 5.69 Å². The number of hydrogen-bond donors (Lipinski definition) is 2. The van der Waals surface area contributed by atoms with Crippen molar-refractivity contribution in [3.63, 3.8) is 0 Å². The Morgan fingerprint density at radius 2 is 2.20 bits per heavy atom. The lowest BCUT2D eigenvalue weighted by atomic mass is 10.2. The molecule has 3 nitrogen and oxygen atoms in total. The van der Waals surface area contributed by atoms with Crippen molar-refractivity contribution in [2.24, 2.45) is 0 Å². The van der Waals surface area contributed by atoms with Gasteiger partial charge in [-0.2, -0.15) is 11.3 Å². The molecule has 0 aliphatic heterocycles. The molecule has 2 rings (SSSR count). The molecule has 0 saturated heterocycles. The van der Waals surface area contributed by atoms with Crippen LogP contribution in [0.2, 0.25) is 0 Å². The second-order valence-corrected chi connectivity index (χ2v) is 6.61. The van der Waals surface area contributed by atoms with Gasteiger partial charge >= 0.3 is 0 Å². The lowest BCUT2D eigenvalue weighted by Crippen LogP contribution is -3.08. The van der Waals surface area contributed by atoms with Crippen molar-refractivity contribution >= 4 is 38.9 Å².